The number of hydrogen-bond donors (Lipinski definition) is 1. The normalized spacial score (nSPS) is 18.8. The molecule has 1 rings (SSSR count). The summed E-state index contributed by atoms with van der Waals surface area (Å²) in [4.78, 5) is 0. The van der Waals surface area contributed by atoms with Crippen LogP contribution >= 0.6 is 0 Å². The summed E-state index contributed by atoms with van der Waals surface area (Å²) >= 11 is 0. The van der Waals surface area contributed by atoms with Gasteiger partial charge in [0.2, 0.25) is 0 Å². The van der Waals surface area contributed by atoms with Crippen LogP contribution in [0.4, 0.5) is 0 Å². The molecule has 0 heterocycles. The SMILES string of the molecule is CCCCCC(C)(C)CNC(CC)C1CC1. The standard InChI is InChI=1S/C15H31N/c1-5-7-8-11-15(3,4)12-16-14(6-2)13-9-10-13/h13-14,16H,5-12H2,1-4H3. The van der Waals surface area contributed by atoms with Crippen LogP contribution in [0.1, 0.15) is 72.6 Å². The summed E-state index contributed by atoms with van der Waals surface area (Å²) in [7, 11) is 0. The van der Waals surface area contributed by atoms with Crippen molar-refractivity contribution in [1.29, 1.82) is 0 Å². The Kier molecular flexibility index (Phi) is 5.82. The minimum absolute atomic E-state index is 0.484. The Balaban J connectivity index is 2.17. The third-order valence-electron chi connectivity index (χ3n) is 3.93. The summed E-state index contributed by atoms with van der Waals surface area (Å²) in [6.07, 6.45) is 9.71. The van der Waals surface area contributed by atoms with Crippen LogP contribution in [0, 0.1) is 11.3 Å². The average molecular weight is 225 g/mol. The first-order valence-electron chi connectivity index (χ1n) is 7.32. The lowest BCUT2D eigenvalue weighted by atomic mass is 9.86. The maximum absolute atomic E-state index is 3.80. The Labute approximate surface area is 102 Å². The molecule has 0 amide bonds. The van der Waals surface area contributed by atoms with Crippen LogP contribution in [0.25, 0.3) is 0 Å². The van der Waals surface area contributed by atoms with Crippen molar-refractivity contribution >= 4 is 0 Å². The predicted molar refractivity (Wildman–Crippen MR) is 72.7 cm³/mol. The molecule has 1 unspecified atom stereocenters. The molecule has 1 fully saturated rings. The molecule has 0 aromatic heterocycles. The fourth-order valence-electron chi connectivity index (χ4n) is 2.49. The predicted octanol–water partition coefficient (Wildman–Crippen LogP) is 4.37. The molecule has 1 heteroatoms. The molecule has 1 saturated carbocycles. The van der Waals surface area contributed by atoms with Crippen molar-refractivity contribution in [3.63, 3.8) is 0 Å². The Morgan fingerprint density at radius 2 is 1.88 bits per heavy atom. The van der Waals surface area contributed by atoms with E-state index in [9.17, 15) is 0 Å². The van der Waals surface area contributed by atoms with Crippen molar-refractivity contribution in [1.82, 2.24) is 5.32 Å². The molecule has 0 radical (unpaired) electrons. The maximum Gasteiger partial charge on any atom is 0.00929 e. The van der Waals surface area contributed by atoms with E-state index >= 15 is 0 Å². The van der Waals surface area contributed by atoms with Gasteiger partial charge in [0.1, 0.15) is 0 Å². The van der Waals surface area contributed by atoms with E-state index in [0.29, 0.717) is 5.41 Å². The molecular formula is C15H31N. The van der Waals surface area contributed by atoms with Gasteiger partial charge in [0, 0.05) is 12.6 Å². The molecule has 1 aliphatic rings. The largest absolute Gasteiger partial charge is 0.313 e. The molecular weight excluding hydrogens is 194 g/mol. The van der Waals surface area contributed by atoms with E-state index in [1.807, 2.05) is 0 Å². The van der Waals surface area contributed by atoms with E-state index in [4.69, 9.17) is 0 Å². The van der Waals surface area contributed by atoms with Crippen molar-refractivity contribution in [2.24, 2.45) is 11.3 Å². The lowest BCUT2D eigenvalue weighted by molar-refractivity contribution is 0.277. The third kappa shape index (κ3) is 5.34. The van der Waals surface area contributed by atoms with Gasteiger partial charge in [-0.25, -0.2) is 0 Å². The van der Waals surface area contributed by atoms with Gasteiger partial charge in [-0.15, -0.1) is 0 Å². The molecule has 0 aromatic carbocycles. The third-order valence-corrected chi connectivity index (χ3v) is 3.93. The monoisotopic (exact) mass is 225 g/mol. The second kappa shape index (κ2) is 6.64. The number of rotatable bonds is 9. The van der Waals surface area contributed by atoms with Gasteiger partial charge in [-0.1, -0.05) is 47.0 Å². The summed E-state index contributed by atoms with van der Waals surface area (Å²) in [6.45, 7) is 10.6. The number of nitrogens with one attached hydrogen (secondary N) is 1. The number of unbranched alkanes of at least 4 members (excludes halogenated alkanes) is 2. The summed E-state index contributed by atoms with van der Waals surface area (Å²) in [5.41, 5.74) is 0.484. The molecule has 96 valence electrons. The first-order valence-corrected chi connectivity index (χ1v) is 7.32. The van der Waals surface area contributed by atoms with E-state index in [2.05, 4.69) is 33.0 Å². The van der Waals surface area contributed by atoms with Crippen LogP contribution in [0.2, 0.25) is 0 Å². The van der Waals surface area contributed by atoms with Crippen LogP contribution in [0.15, 0.2) is 0 Å². The molecule has 1 atom stereocenters. The molecule has 16 heavy (non-hydrogen) atoms. The Morgan fingerprint density at radius 3 is 2.38 bits per heavy atom. The van der Waals surface area contributed by atoms with Crippen LogP contribution in [0.5, 0.6) is 0 Å². The van der Waals surface area contributed by atoms with Crippen LogP contribution < -0.4 is 5.32 Å². The Hall–Kier alpha value is -0.0400. The molecule has 0 aromatic rings. The molecule has 1 N–H and O–H groups in total. The summed E-state index contributed by atoms with van der Waals surface area (Å²) in [6, 6.07) is 0.797. The average Bonchev–Trinajstić information content (AvgIpc) is 3.03. The molecule has 0 saturated heterocycles. The van der Waals surface area contributed by atoms with Crippen molar-refractivity contribution in [2.45, 2.75) is 78.7 Å². The van der Waals surface area contributed by atoms with Gasteiger partial charge in [0.05, 0.1) is 0 Å². The maximum atomic E-state index is 3.80. The van der Waals surface area contributed by atoms with Crippen LogP contribution in [-0.4, -0.2) is 12.6 Å². The lowest BCUT2D eigenvalue weighted by Crippen LogP contribution is -2.38. The van der Waals surface area contributed by atoms with E-state index in [0.717, 1.165) is 12.0 Å². The fourth-order valence-corrected chi connectivity index (χ4v) is 2.49. The lowest BCUT2D eigenvalue weighted by Gasteiger charge is -2.28. The fraction of sp³-hybridized carbons (Fsp3) is 1.00. The van der Waals surface area contributed by atoms with Gasteiger partial charge in [-0.3, -0.25) is 0 Å². The minimum Gasteiger partial charge on any atom is -0.313 e. The second-order valence-electron chi connectivity index (χ2n) is 6.35. The zero-order valence-corrected chi connectivity index (χ0v) is 11.8. The van der Waals surface area contributed by atoms with E-state index < -0.39 is 0 Å². The van der Waals surface area contributed by atoms with Crippen LogP contribution in [-0.2, 0) is 0 Å². The van der Waals surface area contributed by atoms with Gasteiger partial charge in [0.15, 0.2) is 0 Å². The highest BCUT2D eigenvalue weighted by molar-refractivity contribution is 4.87. The van der Waals surface area contributed by atoms with Gasteiger partial charge in [0.25, 0.3) is 0 Å². The van der Waals surface area contributed by atoms with Crippen LogP contribution in [0.3, 0.4) is 0 Å². The van der Waals surface area contributed by atoms with Gasteiger partial charge >= 0.3 is 0 Å². The number of hydrogen-bond acceptors (Lipinski definition) is 1. The molecule has 1 nitrogen and oxygen atoms in total. The molecule has 0 aliphatic heterocycles. The first kappa shape index (κ1) is 14.0. The molecule has 0 bridgehead atoms. The summed E-state index contributed by atoms with van der Waals surface area (Å²) in [5, 5.41) is 3.80. The smallest absolute Gasteiger partial charge is 0.00929 e. The van der Waals surface area contributed by atoms with Crippen molar-refractivity contribution in [3.8, 4) is 0 Å². The highest BCUT2D eigenvalue weighted by atomic mass is 14.9. The van der Waals surface area contributed by atoms with E-state index in [-0.39, 0.29) is 0 Å². The highest BCUT2D eigenvalue weighted by Crippen LogP contribution is 2.34. The topological polar surface area (TPSA) is 12.0 Å². The van der Waals surface area contributed by atoms with E-state index in [1.54, 1.807) is 0 Å². The summed E-state index contributed by atoms with van der Waals surface area (Å²) < 4.78 is 0. The van der Waals surface area contributed by atoms with Gasteiger partial charge in [-0.05, 0) is 37.0 Å². The van der Waals surface area contributed by atoms with E-state index in [1.165, 1.54) is 51.5 Å². The van der Waals surface area contributed by atoms with Gasteiger partial charge < -0.3 is 5.32 Å². The highest BCUT2D eigenvalue weighted by Gasteiger charge is 2.30. The quantitative estimate of drug-likeness (QED) is 0.575. The molecule has 0 spiro atoms. The summed E-state index contributed by atoms with van der Waals surface area (Å²) in [5.74, 6) is 0.997. The second-order valence-corrected chi connectivity index (χ2v) is 6.35. The Morgan fingerprint density at radius 1 is 1.19 bits per heavy atom. The molecule has 1 aliphatic carbocycles. The zero-order chi connectivity index (χ0) is 12.0. The van der Waals surface area contributed by atoms with Crippen molar-refractivity contribution in [3.05, 3.63) is 0 Å². The van der Waals surface area contributed by atoms with Crippen molar-refractivity contribution < 1.29 is 0 Å². The van der Waals surface area contributed by atoms with Gasteiger partial charge in [-0.2, -0.15) is 0 Å². The zero-order valence-electron chi connectivity index (χ0n) is 11.8. The first-order chi connectivity index (χ1) is 7.59. The van der Waals surface area contributed by atoms with Crippen molar-refractivity contribution in [2.75, 3.05) is 6.54 Å². The Bertz CT molecular complexity index is 182. The minimum atomic E-state index is 0.484.